The van der Waals surface area contributed by atoms with Crippen LogP contribution in [0.4, 0.5) is 10.1 Å². The van der Waals surface area contributed by atoms with E-state index in [1.54, 1.807) is 6.92 Å². The third-order valence-electron chi connectivity index (χ3n) is 2.01. The molecule has 2 aromatic rings. The number of aryl methyl sites for hydroxylation is 1. The summed E-state index contributed by atoms with van der Waals surface area (Å²) in [6, 6.07) is 3.25. The lowest BCUT2D eigenvalue weighted by Gasteiger charge is -1.98. The Morgan fingerprint density at radius 2 is 2.25 bits per heavy atom. The maximum absolute atomic E-state index is 12.9. The van der Waals surface area contributed by atoms with Gasteiger partial charge in [0.15, 0.2) is 0 Å². The predicted octanol–water partition coefficient (Wildman–Crippen LogP) is 2.70. The summed E-state index contributed by atoms with van der Waals surface area (Å²) < 4.78 is 18.0. The molecule has 0 atom stereocenters. The van der Waals surface area contributed by atoms with Crippen LogP contribution in [-0.2, 0) is 0 Å². The molecule has 0 aliphatic carbocycles. The molecule has 1 aromatic heterocycles. The van der Waals surface area contributed by atoms with E-state index in [2.05, 4.69) is 4.98 Å². The fourth-order valence-corrected chi connectivity index (χ4v) is 1.32. The molecule has 0 bridgehead atoms. The van der Waals surface area contributed by atoms with Gasteiger partial charge in [-0.15, -0.1) is 0 Å². The smallest absolute Gasteiger partial charge is 0.284 e. The summed E-state index contributed by atoms with van der Waals surface area (Å²) >= 11 is 0. The summed E-state index contributed by atoms with van der Waals surface area (Å²) in [4.78, 5) is 13.9. The van der Waals surface area contributed by atoms with Gasteiger partial charge < -0.3 is 4.42 Å². The molecule has 16 heavy (non-hydrogen) atoms. The molecule has 82 valence electrons. The number of rotatable bonds is 2. The summed E-state index contributed by atoms with van der Waals surface area (Å²) in [6.07, 6.45) is 1.45. The van der Waals surface area contributed by atoms with Gasteiger partial charge in [-0.2, -0.15) is 0 Å². The SMILES string of the molecule is Cc1cnc(-c2ccc(F)cc2[N+](=O)[O-])o1. The van der Waals surface area contributed by atoms with Gasteiger partial charge in [0.25, 0.3) is 5.69 Å². The summed E-state index contributed by atoms with van der Waals surface area (Å²) in [7, 11) is 0. The highest BCUT2D eigenvalue weighted by atomic mass is 19.1. The molecule has 1 aromatic carbocycles. The van der Waals surface area contributed by atoms with Crippen molar-refractivity contribution in [1.29, 1.82) is 0 Å². The monoisotopic (exact) mass is 222 g/mol. The van der Waals surface area contributed by atoms with Crippen LogP contribution in [0.5, 0.6) is 0 Å². The van der Waals surface area contributed by atoms with Gasteiger partial charge >= 0.3 is 0 Å². The Labute approximate surface area is 89.7 Å². The zero-order valence-corrected chi connectivity index (χ0v) is 8.31. The fourth-order valence-electron chi connectivity index (χ4n) is 1.32. The van der Waals surface area contributed by atoms with E-state index in [-0.39, 0.29) is 17.1 Å². The molecule has 0 saturated carbocycles. The molecular weight excluding hydrogens is 215 g/mol. The highest BCUT2D eigenvalue weighted by molar-refractivity contribution is 5.66. The average molecular weight is 222 g/mol. The van der Waals surface area contributed by atoms with Gasteiger partial charge in [0, 0.05) is 0 Å². The molecule has 2 rings (SSSR count). The second-order valence-corrected chi connectivity index (χ2v) is 3.19. The quantitative estimate of drug-likeness (QED) is 0.578. The lowest BCUT2D eigenvalue weighted by Crippen LogP contribution is -1.93. The van der Waals surface area contributed by atoms with Crippen molar-refractivity contribution in [3.63, 3.8) is 0 Å². The van der Waals surface area contributed by atoms with Crippen molar-refractivity contribution < 1.29 is 13.7 Å². The van der Waals surface area contributed by atoms with Crippen LogP contribution < -0.4 is 0 Å². The Balaban J connectivity index is 2.60. The first-order chi connectivity index (χ1) is 7.58. The number of benzene rings is 1. The van der Waals surface area contributed by atoms with Crippen LogP contribution in [0.25, 0.3) is 11.5 Å². The lowest BCUT2D eigenvalue weighted by molar-refractivity contribution is -0.384. The van der Waals surface area contributed by atoms with Crippen LogP contribution in [0.2, 0.25) is 0 Å². The van der Waals surface area contributed by atoms with E-state index in [4.69, 9.17) is 4.42 Å². The topological polar surface area (TPSA) is 69.2 Å². The van der Waals surface area contributed by atoms with Gasteiger partial charge in [-0.05, 0) is 19.1 Å². The second kappa shape index (κ2) is 3.73. The fraction of sp³-hybridized carbons (Fsp3) is 0.100. The van der Waals surface area contributed by atoms with Crippen LogP contribution in [0.3, 0.4) is 0 Å². The minimum Gasteiger partial charge on any atom is -0.441 e. The van der Waals surface area contributed by atoms with Crippen molar-refractivity contribution in [2.24, 2.45) is 0 Å². The number of nitrogens with zero attached hydrogens (tertiary/aromatic N) is 2. The molecule has 0 spiro atoms. The van der Waals surface area contributed by atoms with Crippen LogP contribution in [0.15, 0.2) is 28.8 Å². The van der Waals surface area contributed by atoms with Crippen molar-refractivity contribution >= 4 is 5.69 Å². The standard InChI is InChI=1S/C10H7FN2O3/c1-6-5-12-10(16-6)8-3-2-7(11)4-9(8)13(14)15/h2-5H,1H3. The molecule has 6 heteroatoms. The third-order valence-corrected chi connectivity index (χ3v) is 2.01. The Bertz CT molecular complexity index is 551. The first-order valence-electron chi connectivity index (χ1n) is 4.44. The van der Waals surface area contributed by atoms with Crippen molar-refractivity contribution in [3.05, 3.63) is 46.1 Å². The van der Waals surface area contributed by atoms with Gasteiger partial charge in [0.05, 0.1) is 17.2 Å². The largest absolute Gasteiger partial charge is 0.441 e. The van der Waals surface area contributed by atoms with Crippen molar-refractivity contribution in [1.82, 2.24) is 4.98 Å². The van der Waals surface area contributed by atoms with E-state index in [0.29, 0.717) is 5.76 Å². The van der Waals surface area contributed by atoms with Crippen molar-refractivity contribution in [2.45, 2.75) is 6.92 Å². The van der Waals surface area contributed by atoms with Gasteiger partial charge in [-0.1, -0.05) is 0 Å². The highest BCUT2D eigenvalue weighted by Gasteiger charge is 2.19. The van der Waals surface area contributed by atoms with Gasteiger partial charge in [-0.25, -0.2) is 9.37 Å². The number of nitro benzene ring substituents is 1. The van der Waals surface area contributed by atoms with E-state index in [1.807, 2.05) is 0 Å². The molecule has 0 unspecified atom stereocenters. The molecule has 0 radical (unpaired) electrons. The molecule has 0 N–H and O–H groups in total. The maximum Gasteiger partial charge on any atom is 0.284 e. The maximum atomic E-state index is 12.9. The summed E-state index contributed by atoms with van der Waals surface area (Å²) in [5.74, 6) is -0.0171. The van der Waals surface area contributed by atoms with E-state index in [1.165, 1.54) is 12.3 Å². The van der Waals surface area contributed by atoms with Gasteiger partial charge in [0.1, 0.15) is 17.1 Å². The van der Waals surface area contributed by atoms with Gasteiger partial charge in [-0.3, -0.25) is 10.1 Å². The van der Waals surface area contributed by atoms with Gasteiger partial charge in [0.2, 0.25) is 5.89 Å². The first-order valence-corrected chi connectivity index (χ1v) is 4.44. The average Bonchev–Trinajstić information content (AvgIpc) is 2.64. The third kappa shape index (κ3) is 1.77. The summed E-state index contributed by atoms with van der Waals surface area (Å²) in [5.41, 5.74) is -0.193. The number of hydrogen-bond donors (Lipinski definition) is 0. The van der Waals surface area contributed by atoms with Crippen molar-refractivity contribution in [3.8, 4) is 11.5 Å². The van der Waals surface area contributed by atoms with Crippen LogP contribution in [0.1, 0.15) is 5.76 Å². The Morgan fingerprint density at radius 1 is 1.50 bits per heavy atom. The molecule has 0 amide bonds. The zero-order valence-electron chi connectivity index (χ0n) is 8.31. The molecule has 5 nitrogen and oxygen atoms in total. The minimum atomic E-state index is -0.669. The summed E-state index contributed by atoms with van der Waals surface area (Å²) in [6.45, 7) is 1.67. The number of hydrogen-bond acceptors (Lipinski definition) is 4. The molecule has 1 heterocycles. The molecular formula is C10H7FN2O3. The Hall–Kier alpha value is -2.24. The minimum absolute atomic E-state index is 0.115. The van der Waals surface area contributed by atoms with E-state index < -0.39 is 10.7 Å². The van der Waals surface area contributed by atoms with Crippen molar-refractivity contribution in [2.75, 3.05) is 0 Å². The van der Waals surface area contributed by atoms with E-state index in [9.17, 15) is 14.5 Å². The Morgan fingerprint density at radius 3 is 2.81 bits per heavy atom. The molecule has 0 fully saturated rings. The normalized spacial score (nSPS) is 10.4. The number of nitro groups is 1. The highest BCUT2D eigenvalue weighted by Crippen LogP contribution is 2.29. The van der Waals surface area contributed by atoms with Crippen LogP contribution in [-0.4, -0.2) is 9.91 Å². The first kappa shape index (κ1) is 10.3. The second-order valence-electron chi connectivity index (χ2n) is 3.19. The lowest BCUT2D eigenvalue weighted by atomic mass is 10.2. The molecule has 0 saturated heterocycles. The molecule has 0 aliphatic rings. The zero-order chi connectivity index (χ0) is 11.7. The van der Waals surface area contributed by atoms with E-state index >= 15 is 0 Å². The van der Waals surface area contributed by atoms with E-state index in [0.717, 1.165) is 12.1 Å². The number of oxazole rings is 1. The summed E-state index contributed by atoms with van der Waals surface area (Å²) in [5, 5.41) is 10.7. The predicted molar refractivity (Wildman–Crippen MR) is 53.3 cm³/mol. The number of aromatic nitrogens is 1. The van der Waals surface area contributed by atoms with Crippen LogP contribution >= 0.6 is 0 Å². The Kier molecular flexibility index (Phi) is 2.40. The van der Waals surface area contributed by atoms with Crippen LogP contribution in [0, 0.1) is 22.9 Å². The number of halogens is 1. The molecule has 0 aliphatic heterocycles.